The van der Waals surface area contributed by atoms with Gasteiger partial charge in [0.1, 0.15) is 5.75 Å². The van der Waals surface area contributed by atoms with E-state index in [9.17, 15) is 17.2 Å². The zero-order valence-corrected chi connectivity index (χ0v) is 20.0. The molecule has 1 aromatic heterocycles. The molecule has 34 heavy (non-hydrogen) atoms. The Morgan fingerprint density at radius 1 is 1.03 bits per heavy atom. The van der Waals surface area contributed by atoms with E-state index in [1.165, 1.54) is 22.2 Å². The first-order chi connectivity index (χ1) is 16.2. The van der Waals surface area contributed by atoms with Crippen LogP contribution in [0.5, 0.6) is 5.75 Å². The Morgan fingerprint density at radius 2 is 1.82 bits per heavy atom. The maximum atomic E-state index is 13.6. The highest BCUT2D eigenvalue weighted by atomic mass is 32.2. The summed E-state index contributed by atoms with van der Waals surface area (Å²) in [6, 6.07) is 16.9. The van der Waals surface area contributed by atoms with Crippen molar-refractivity contribution in [2.75, 3.05) is 5.32 Å². The number of benzene rings is 3. The van der Waals surface area contributed by atoms with Crippen molar-refractivity contribution in [3.05, 3.63) is 83.6 Å². The molecular weight excluding hydrogens is 458 g/mol. The largest absolute Gasteiger partial charge is 0.435 e. The summed E-state index contributed by atoms with van der Waals surface area (Å²) in [6.07, 6.45) is 3.17. The number of hydrogen-bond acceptors (Lipinski definition) is 4. The summed E-state index contributed by atoms with van der Waals surface area (Å²) in [6.45, 7) is 3.02. The summed E-state index contributed by atoms with van der Waals surface area (Å²) in [5, 5.41) is 4.20. The van der Waals surface area contributed by atoms with Crippen LogP contribution < -0.4 is 10.1 Å². The van der Waals surface area contributed by atoms with Gasteiger partial charge in [-0.25, -0.2) is 12.4 Å². The lowest BCUT2D eigenvalue weighted by atomic mass is 10.1. The molecule has 0 saturated heterocycles. The van der Waals surface area contributed by atoms with Gasteiger partial charge >= 0.3 is 6.61 Å². The van der Waals surface area contributed by atoms with E-state index in [-0.39, 0.29) is 10.6 Å². The van der Waals surface area contributed by atoms with Crippen molar-refractivity contribution in [1.29, 1.82) is 0 Å². The molecule has 178 valence electrons. The first kappa shape index (κ1) is 23.8. The number of nitrogens with one attached hydrogen (secondary N) is 1. The minimum atomic E-state index is -4.06. The van der Waals surface area contributed by atoms with Crippen LogP contribution in [0.2, 0.25) is 0 Å². The molecule has 0 aliphatic rings. The van der Waals surface area contributed by atoms with Crippen LogP contribution in [-0.4, -0.2) is 19.0 Å². The smallest absolute Gasteiger partial charge is 0.387 e. The van der Waals surface area contributed by atoms with Gasteiger partial charge in [-0.3, -0.25) is 0 Å². The number of aromatic nitrogens is 1. The van der Waals surface area contributed by atoms with Crippen LogP contribution in [0.3, 0.4) is 0 Å². The summed E-state index contributed by atoms with van der Waals surface area (Å²) in [4.78, 5) is -0.127. The molecule has 1 heterocycles. The van der Waals surface area contributed by atoms with E-state index in [4.69, 9.17) is 0 Å². The molecule has 4 aromatic rings. The molecule has 8 heteroatoms. The van der Waals surface area contributed by atoms with Crippen molar-refractivity contribution < 1.29 is 21.9 Å². The van der Waals surface area contributed by atoms with Crippen molar-refractivity contribution in [2.45, 2.75) is 45.1 Å². The first-order valence-electron chi connectivity index (χ1n) is 11.0. The predicted molar refractivity (Wildman–Crippen MR) is 131 cm³/mol. The Labute approximate surface area is 198 Å². The molecule has 3 aromatic carbocycles. The molecular formula is C26H26F2N2O3S. The predicted octanol–water partition coefficient (Wildman–Crippen LogP) is 6.79. The highest BCUT2D eigenvalue weighted by Gasteiger charge is 2.22. The van der Waals surface area contributed by atoms with Crippen molar-refractivity contribution in [1.82, 2.24) is 3.97 Å². The van der Waals surface area contributed by atoms with Gasteiger partial charge in [-0.2, -0.15) is 8.78 Å². The topological polar surface area (TPSA) is 60.3 Å². The Hall–Kier alpha value is -3.39. The van der Waals surface area contributed by atoms with Crippen LogP contribution in [0.1, 0.15) is 30.0 Å². The van der Waals surface area contributed by atoms with E-state index in [2.05, 4.69) is 16.1 Å². The van der Waals surface area contributed by atoms with Gasteiger partial charge in [-0.05, 0) is 61.7 Å². The summed E-state index contributed by atoms with van der Waals surface area (Å²) >= 11 is 0. The highest BCUT2D eigenvalue weighted by Crippen LogP contribution is 2.32. The number of halogens is 2. The lowest BCUT2D eigenvalue weighted by molar-refractivity contribution is -0.0499. The van der Waals surface area contributed by atoms with Gasteiger partial charge in [0.25, 0.3) is 10.0 Å². The lowest BCUT2D eigenvalue weighted by Gasteiger charge is -2.12. The second-order valence-corrected chi connectivity index (χ2v) is 10.0. The first-order valence-corrected chi connectivity index (χ1v) is 12.4. The minimum absolute atomic E-state index is 0.127. The van der Waals surface area contributed by atoms with Crippen LogP contribution in [-0.2, 0) is 16.4 Å². The summed E-state index contributed by atoms with van der Waals surface area (Å²) in [5.41, 5.74) is 5.31. The molecule has 0 atom stereocenters. The van der Waals surface area contributed by atoms with Gasteiger partial charge in [0.2, 0.25) is 0 Å². The van der Waals surface area contributed by atoms with Gasteiger partial charge in [0.05, 0.1) is 10.4 Å². The van der Waals surface area contributed by atoms with E-state index in [0.29, 0.717) is 11.9 Å². The van der Waals surface area contributed by atoms with E-state index in [0.717, 1.165) is 45.9 Å². The van der Waals surface area contributed by atoms with Crippen LogP contribution >= 0.6 is 0 Å². The lowest BCUT2D eigenvalue weighted by Crippen LogP contribution is -2.12. The number of rotatable bonds is 8. The van der Waals surface area contributed by atoms with Gasteiger partial charge < -0.3 is 10.1 Å². The molecule has 5 nitrogen and oxygen atoms in total. The molecule has 0 radical (unpaired) electrons. The molecule has 0 aliphatic heterocycles. The zero-order chi connectivity index (χ0) is 24.5. The second kappa shape index (κ2) is 9.46. The maximum Gasteiger partial charge on any atom is 0.387 e. The van der Waals surface area contributed by atoms with Crippen LogP contribution in [0, 0.1) is 13.8 Å². The number of fused-ring (bicyclic) bond motifs is 1. The molecule has 0 fully saturated rings. The zero-order valence-electron chi connectivity index (χ0n) is 19.2. The maximum absolute atomic E-state index is 13.6. The molecule has 0 amide bonds. The van der Waals surface area contributed by atoms with Crippen molar-refractivity contribution in [3.63, 3.8) is 0 Å². The van der Waals surface area contributed by atoms with Crippen LogP contribution in [0.4, 0.5) is 20.2 Å². The molecule has 1 N–H and O–H groups in total. The van der Waals surface area contributed by atoms with E-state index >= 15 is 0 Å². The van der Waals surface area contributed by atoms with Crippen molar-refractivity contribution >= 4 is 32.3 Å². The van der Waals surface area contributed by atoms with Crippen LogP contribution in [0.25, 0.3) is 10.9 Å². The Morgan fingerprint density at radius 3 is 2.53 bits per heavy atom. The minimum Gasteiger partial charge on any atom is -0.435 e. The summed E-state index contributed by atoms with van der Waals surface area (Å²) in [5.74, 6) is -0.210. The fraction of sp³-hybridized carbons (Fsp3) is 0.231. The van der Waals surface area contributed by atoms with Crippen molar-refractivity contribution in [2.24, 2.45) is 0 Å². The molecule has 0 spiro atoms. The number of ether oxygens (including phenoxy) is 1. The third-order valence-electron chi connectivity index (χ3n) is 5.62. The second-order valence-electron chi connectivity index (χ2n) is 8.23. The highest BCUT2D eigenvalue weighted by molar-refractivity contribution is 7.90. The fourth-order valence-corrected chi connectivity index (χ4v) is 5.46. The van der Waals surface area contributed by atoms with E-state index < -0.39 is 16.6 Å². The van der Waals surface area contributed by atoms with Gasteiger partial charge in [0, 0.05) is 29.0 Å². The van der Waals surface area contributed by atoms with Crippen LogP contribution in [0.15, 0.2) is 71.8 Å². The molecule has 0 unspecified atom stereocenters. The van der Waals surface area contributed by atoms with Crippen molar-refractivity contribution in [3.8, 4) is 5.75 Å². The van der Waals surface area contributed by atoms with Gasteiger partial charge in [0.15, 0.2) is 0 Å². The third-order valence-corrected chi connectivity index (χ3v) is 7.29. The number of alkyl halides is 2. The normalized spacial score (nSPS) is 11.8. The molecule has 0 saturated carbocycles. The molecule has 0 aliphatic carbocycles. The Kier molecular flexibility index (Phi) is 6.61. The number of aryl methyl sites for hydroxylation is 3. The van der Waals surface area contributed by atoms with Gasteiger partial charge in [-0.1, -0.05) is 43.2 Å². The molecule has 4 rings (SSSR count). The Balaban J connectivity index is 1.82. The average molecular weight is 485 g/mol. The standard InChI is InChI=1S/C26H26F2N2O3S/c1-4-6-19-16-30(34(31,32)22-8-5-7-21(15-22)33-26(27)28)25-14-20(10-11-23(19)25)29-24-12-9-17(2)13-18(24)3/h5,7-16,26,29H,4,6H2,1-3H3. The summed E-state index contributed by atoms with van der Waals surface area (Å²) < 4.78 is 58.1. The summed E-state index contributed by atoms with van der Waals surface area (Å²) in [7, 11) is -4.06. The Bertz CT molecular complexity index is 1450. The average Bonchev–Trinajstić information content (AvgIpc) is 3.14. The van der Waals surface area contributed by atoms with E-state index in [1.807, 2.05) is 45.0 Å². The fourth-order valence-electron chi connectivity index (χ4n) is 4.05. The third kappa shape index (κ3) is 4.77. The van der Waals surface area contributed by atoms with Gasteiger partial charge in [-0.15, -0.1) is 0 Å². The number of anilines is 2. The van der Waals surface area contributed by atoms with E-state index in [1.54, 1.807) is 12.3 Å². The SMILES string of the molecule is CCCc1cn(S(=O)(=O)c2cccc(OC(F)F)c2)c2cc(Nc3ccc(C)cc3C)ccc12. The monoisotopic (exact) mass is 484 g/mol. The quantitative estimate of drug-likeness (QED) is 0.299. The number of nitrogens with zero attached hydrogens (tertiary/aromatic N) is 1. The number of hydrogen-bond donors (Lipinski definition) is 1. The molecule has 0 bridgehead atoms.